The Bertz CT molecular complexity index is 330. The lowest BCUT2D eigenvalue weighted by Crippen LogP contribution is -2.43. The highest BCUT2D eigenvalue weighted by atomic mass is 28.4. The third kappa shape index (κ3) is 2.82. The monoisotopic (exact) mass is 234 g/mol. The van der Waals surface area contributed by atoms with Gasteiger partial charge in [0.15, 0.2) is 0 Å². The first-order valence-corrected chi connectivity index (χ1v) is 7.41. The van der Waals surface area contributed by atoms with Crippen molar-refractivity contribution < 1.29 is 17.6 Å². The van der Waals surface area contributed by atoms with Crippen molar-refractivity contribution in [2.75, 3.05) is 7.11 Å². The van der Waals surface area contributed by atoms with Crippen molar-refractivity contribution >= 4 is 13.5 Å². The van der Waals surface area contributed by atoms with Gasteiger partial charge < -0.3 is 4.43 Å². The van der Waals surface area contributed by atoms with E-state index in [4.69, 9.17) is 4.43 Å². The predicted octanol–water partition coefficient (Wildman–Crippen LogP) is 2.76. The average Bonchev–Trinajstić information content (AvgIpc) is 2.17. The molecule has 0 unspecified atom stereocenters. The maximum absolute atomic E-state index is 12.3. The van der Waals surface area contributed by atoms with E-state index < -0.39 is 20.1 Å². The summed E-state index contributed by atoms with van der Waals surface area (Å²) in [5.74, 6) is 0. The fraction of sp³-hybridized carbons (Fsp3) is 0.400. The highest BCUT2D eigenvalue weighted by Gasteiger charge is 2.31. The molecule has 15 heavy (non-hydrogen) atoms. The molecular formula is C10H13F3OSi. The van der Waals surface area contributed by atoms with E-state index in [1.54, 1.807) is 7.11 Å². The molecule has 0 aliphatic carbocycles. The number of rotatable bonds is 2. The summed E-state index contributed by atoms with van der Waals surface area (Å²) in [5.41, 5.74) is -0.618. The second kappa shape index (κ2) is 3.98. The zero-order valence-electron chi connectivity index (χ0n) is 8.85. The first-order chi connectivity index (χ1) is 6.77. The van der Waals surface area contributed by atoms with Crippen LogP contribution in [0.5, 0.6) is 0 Å². The van der Waals surface area contributed by atoms with E-state index in [0.29, 0.717) is 0 Å². The van der Waals surface area contributed by atoms with Crippen LogP contribution in [0, 0.1) is 0 Å². The van der Waals surface area contributed by atoms with Gasteiger partial charge in [0.25, 0.3) is 0 Å². The van der Waals surface area contributed by atoms with Gasteiger partial charge in [0, 0.05) is 7.11 Å². The standard InChI is InChI=1S/C10H13F3OSi/c1-14-15(2,3)9-6-4-8(5-7-9)10(11,12)13/h4-7H,1-3H3. The van der Waals surface area contributed by atoms with Gasteiger partial charge in [0.05, 0.1) is 5.56 Å². The number of alkyl halides is 3. The van der Waals surface area contributed by atoms with Crippen LogP contribution >= 0.6 is 0 Å². The molecule has 0 saturated heterocycles. The van der Waals surface area contributed by atoms with Gasteiger partial charge >= 0.3 is 6.18 Å². The number of hydrogen-bond donors (Lipinski definition) is 0. The van der Waals surface area contributed by atoms with Crippen molar-refractivity contribution in [3.63, 3.8) is 0 Å². The Morgan fingerprint density at radius 2 is 1.53 bits per heavy atom. The summed E-state index contributed by atoms with van der Waals surface area (Å²) in [6.07, 6.45) is -4.27. The van der Waals surface area contributed by atoms with Crippen molar-refractivity contribution in [1.82, 2.24) is 0 Å². The van der Waals surface area contributed by atoms with Gasteiger partial charge in [-0.2, -0.15) is 13.2 Å². The SMILES string of the molecule is CO[Si](C)(C)c1ccc(C(F)(F)F)cc1. The highest BCUT2D eigenvalue weighted by molar-refractivity contribution is 6.84. The minimum absolute atomic E-state index is 0.618. The van der Waals surface area contributed by atoms with Crippen LogP contribution in [0.4, 0.5) is 13.2 Å². The van der Waals surface area contributed by atoms with Gasteiger partial charge in [0.2, 0.25) is 8.32 Å². The number of hydrogen-bond acceptors (Lipinski definition) is 1. The van der Waals surface area contributed by atoms with Crippen LogP contribution in [0.15, 0.2) is 24.3 Å². The molecule has 0 N–H and O–H groups in total. The lowest BCUT2D eigenvalue weighted by Gasteiger charge is -2.20. The summed E-state index contributed by atoms with van der Waals surface area (Å²) >= 11 is 0. The minimum Gasteiger partial charge on any atom is -0.416 e. The molecule has 1 rings (SSSR count). The summed E-state index contributed by atoms with van der Waals surface area (Å²) in [7, 11) is -0.416. The quantitative estimate of drug-likeness (QED) is 0.715. The van der Waals surface area contributed by atoms with Crippen molar-refractivity contribution in [1.29, 1.82) is 0 Å². The van der Waals surface area contributed by atoms with Crippen LogP contribution in [-0.4, -0.2) is 15.4 Å². The molecule has 0 heterocycles. The van der Waals surface area contributed by atoms with E-state index in [1.807, 2.05) is 13.1 Å². The van der Waals surface area contributed by atoms with Gasteiger partial charge in [0.1, 0.15) is 0 Å². The number of halogens is 3. The Balaban J connectivity index is 3.01. The predicted molar refractivity (Wildman–Crippen MR) is 55.6 cm³/mol. The van der Waals surface area contributed by atoms with Crippen molar-refractivity contribution in [2.45, 2.75) is 19.3 Å². The first kappa shape index (κ1) is 12.3. The number of benzene rings is 1. The van der Waals surface area contributed by atoms with Crippen LogP contribution < -0.4 is 5.19 Å². The van der Waals surface area contributed by atoms with Gasteiger partial charge in [-0.1, -0.05) is 24.3 Å². The highest BCUT2D eigenvalue weighted by Crippen LogP contribution is 2.28. The normalized spacial score (nSPS) is 12.9. The zero-order valence-corrected chi connectivity index (χ0v) is 9.85. The molecule has 0 saturated carbocycles. The average molecular weight is 234 g/mol. The van der Waals surface area contributed by atoms with E-state index in [9.17, 15) is 13.2 Å². The Morgan fingerprint density at radius 3 is 1.87 bits per heavy atom. The van der Waals surface area contributed by atoms with E-state index in [-0.39, 0.29) is 0 Å². The third-order valence-electron chi connectivity index (χ3n) is 2.42. The van der Waals surface area contributed by atoms with Gasteiger partial charge in [-0.3, -0.25) is 0 Å². The largest absolute Gasteiger partial charge is 0.416 e. The minimum atomic E-state index is -4.27. The van der Waals surface area contributed by atoms with Gasteiger partial charge in [-0.25, -0.2) is 0 Å². The van der Waals surface area contributed by atoms with E-state index in [1.165, 1.54) is 12.1 Å². The maximum Gasteiger partial charge on any atom is 0.416 e. The molecule has 0 fully saturated rings. The molecule has 0 radical (unpaired) electrons. The molecule has 0 aromatic heterocycles. The lowest BCUT2D eigenvalue weighted by molar-refractivity contribution is -0.137. The van der Waals surface area contributed by atoms with Crippen LogP contribution in [0.1, 0.15) is 5.56 Å². The molecule has 1 aromatic carbocycles. The van der Waals surface area contributed by atoms with Crippen LogP contribution in [0.2, 0.25) is 13.1 Å². The lowest BCUT2D eigenvalue weighted by atomic mass is 10.2. The molecule has 0 spiro atoms. The summed E-state index contributed by atoms with van der Waals surface area (Å²) in [4.78, 5) is 0. The zero-order chi connectivity index (χ0) is 11.7. The Morgan fingerprint density at radius 1 is 1.07 bits per heavy atom. The van der Waals surface area contributed by atoms with E-state index >= 15 is 0 Å². The van der Waals surface area contributed by atoms with Gasteiger partial charge in [-0.15, -0.1) is 0 Å². The van der Waals surface area contributed by atoms with Crippen molar-refractivity contribution in [3.8, 4) is 0 Å². The summed E-state index contributed by atoms with van der Waals surface area (Å²) in [6, 6.07) is 5.20. The fourth-order valence-electron chi connectivity index (χ4n) is 1.18. The Kier molecular flexibility index (Phi) is 3.25. The van der Waals surface area contributed by atoms with E-state index in [0.717, 1.165) is 17.3 Å². The molecule has 1 nitrogen and oxygen atoms in total. The first-order valence-electron chi connectivity index (χ1n) is 4.50. The van der Waals surface area contributed by atoms with Crippen LogP contribution in [0.3, 0.4) is 0 Å². The molecule has 0 amide bonds. The summed E-state index contributed by atoms with van der Waals surface area (Å²) in [5, 5.41) is 0.859. The van der Waals surface area contributed by atoms with Crippen molar-refractivity contribution in [3.05, 3.63) is 29.8 Å². The summed E-state index contributed by atoms with van der Waals surface area (Å²) in [6.45, 7) is 3.88. The molecule has 0 bridgehead atoms. The Labute approximate surface area is 88.0 Å². The second-order valence-electron chi connectivity index (χ2n) is 3.79. The van der Waals surface area contributed by atoms with Crippen LogP contribution in [0.25, 0.3) is 0 Å². The fourth-order valence-corrected chi connectivity index (χ4v) is 2.38. The molecular weight excluding hydrogens is 221 g/mol. The Hall–Kier alpha value is -0.813. The molecule has 5 heteroatoms. The molecule has 0 aliphatic rings. The van der Waals surface area contributed by atoms with E-state index in [2.05, 4.69) is 0 Å². The molecule has 1 aromatic rings. The molecule has 0 aliphatic heterocycles. The maximum atomic E-state index is 12.3. The third-order valence-corrected chi connectivity index (χ3v) is 5.16. The second-order valence-corrected chi connectivity index (χ2v) is 7.80. The molecule has 84 valence electrons. The summed E-state index contributed by atoms with van der Waals surface area (Å²) < 4.78 is 42.1. The smallest absolute Gasteiger partial charge is 0.416 e. The van der Waals surface area contributed by atoms with Crippen LogP contribution in [-0.2, 0) is 10.6 Å². The topological polar surface area (TPSA) is 9.23 Å². The van der Waals surface area contributed by atoms with Gasteiger partial charge in [-0.05, 0) is 18.3 Å². The molecule has 0 atom stereocenters. The van der Waals surface area contributed by atoms with Crippen molar-refractivity contribution in [2.24, 2.45) is 0 Å².